The predicted octanol–water partition coefficient (Wildman–Crippen LogP) is 8.46. The standard InChI is InChI=1S/C45H58O6Si/c1-35-26-28-45(50-42(35)30-38(48-32-37-20-12-7-13-21-37)33-47-31-36-18-10-6-11-19-36)29-27-41(46-5)43(51-45)34-49-52(44(2,3)4,39-22-14-8-15-23-39)40-24-16-9-17-25-40/h6-25,35,38,41-43H,26-34H2,1-5H3/t35-,38+,41-,42+,43+,45-/m0/s1. The Balaban J connectivity index is 1.19. The summed E-state index contributed by atoms with van der Waals surface area (Å²) in [7, 11) is -0.974. The molecule has 278 valence electrons. The van der Waals surface area contributed by atoms with Crippen molar-refractivity contribution in [3.05, 3.63) is 132 Å². The first-order valence-electron chi connectivity index (χ1n) is 19.1. The second-order valence-electron chi connectivity index (χ2n) is 15.7. The minimum Gasteiger partial charge on any atom is -0.405 e. The maximum Gasteiger partial charge on any atom is 0.261 e. The normalized spacial score (nSPS) is 24.5. The second-order valence-corrected chi connectivity index (χ2v) is 20.0. The van der Waals surface area contributed by atoms with Crippen LogP contribution >= 0.6 is 0 Å². The molecule has 52 heavy (non-hydrogen) atoms. The number of hydrogen-bond donors (Lipinski definition) is 0. The van der Waals surface area contributed by atoms with E-state index in [1.807, 2.05) is 24.3 Å². The van der Waals surface area contributed by atoms with Crippen molar-refractivity contribution in [1.82, 2.24) is 0 Å². The molecular formula is C45H58O6Si. The van der Waals surface area contributed by atoms with E-state index in [-0.39, 0.29) is 29.5 Å². The average molecular weight is 723 g/mol. The van der Waals surface area contributed by atoms with Crippen molar-refractivity contribution < 1.29 is 28.1 Å². The lowest BCUT2D eigenvalue weighted by Gasteiger charge is -2.51. The van der Waals surface area contributed by atoms with Gasteiger partial charge in [-0.05, 0) is 45.3 Å². The van der Waals surface area contributed by atoms with E-state index in [2.05, 4.69) is 125 Å². The molecule has 4 aromatic rings. The summed E-state index contributed by atoms with van der Waals surface area (Å²) in [5.41, 5.74) is 2.30. The first-order chi connectivity index (χ1) is 25.2. The van der Waals surface area contributed by atoms with Gasteiger partial charge in [-0.15, -0.1) is 0 Å². The van der Waals surface area contributed by atoms with Crippen molar-refractivity contribution in [2.75, 3.05) is 20.3 Å². The molecular weight excluding hydrogens is 665 g/mol. The summed E-state index contributed by atoms with van der Waals surface area (Å²) in [5, 5.41) is 2.38. The van der Waals surface area contributed by atoms with E-state index < -0.39 is 14.1 Å². The largest absolute Gasteiger partial charge is 0.405 e. The zero-order chi connectivity index (χ0) is 36.4. The van der Waals surface area contributed by atoms with E-state index in [1.54, 1.807) is 7.11 Å². The van der Waals surface area contributed by atoms with E-state index in [0.717, 1.165) is 43.2 Å². The molecule has 0 bridgehead atoms. The van der Waals surface area contributed by atoms with E-state index in [9.17, 15) is 0 Å². The van der Waals surface area contributed by atoms with Gasteiger partial charge in [-0.25, -0.2) is 0 Å². The maximum atomic E-state index is 7.38. The zero-order valence-corrected chi connectivity index (χ0v) is 32.7. The van der Waals surface area contributed by atoms with Crippen molar-refractivity contribution >= 4 is 18.7 Å². The van der Waals surface area contributed by atoms with Gasteiger partial charge in [0.05, 0.1) is 44.7 Å². The van der Waals surface area contributed by atoms with Crippen molar-refractivity contribution in [3.8, 4) is 0 Å². The van der Waals surface area contributed by atoms with Gasteiger partial charge < -0.3 is 28.1 Å². The van der Waals surface area contributed by atoms with Gasteiger partial charge in [0.25, 0.3) is 8.32 Å². The third-order valence-corrected chi connectivity index (χ3v) is 16.0. The third-order valence-electron chi connectivity index (χ3n) is 11.0. The van der Waals surface area contributed by atoms with Crippen molar-refractivity contribution in [2.45, 2.75) is 108 Å². The van der Waals surface area contributed by atoms with Gasteiger partial charge in [-0.1, -0.05) is 149 Å². The molecule has 4 aromatic carbocycles. The van der Waals surface area contributed by atoms with Crippen molar-refractivity contribution in [3.63, 3.8) is 0 Å². The highest BCUT2D eigenvalue weighted by molar-refractivity contribution is 6.99. The second kappa shape index (κ2) is 17.8. The molecule has 2 aliphatic rings. The van der Waals surface area contributed by atoms with E-state index >= 15 is 0 Å². The lowest BCUT2D eigenvalue weighted by atomic mass is 9.85. The molecule has 2 heterocycles. The lowest BCUT2D eigenvalue weighted by Crippen LogP contribution is -2.67. The van der Waals surface area contributed by atoms with Gasteiger partial charge in [0, 0.05) is 26.4 Å². The van der Waals surface area contributed by atoms with Gasteiger partial charge in [-0.2, -0.15) is 0 Å². The Morgan fingerprint density at radius 1 is 0.712 bits per heavy atom. The molecule has 0 N–H and O–H groups in total. The Morgan fingerprint density at radius 3 is 1.79 bits per heavy atom. The zero-order valence-electron chi connectivity index (χ0n) is 31.7. The first kappa shape index (κ1) is 38.6. The summed E-state index contributed by atoms with van der Waals surface area (Å²) in [6.07, 6.45) is 3.70. The van der Waals surface area contributed by atoms with Crippen LogP contribution in [0.15, 0.2) is 121 Å². The quantitative estimate of drug-likeness (QED) is 0.115. The topological polar surface area (TPSA) is 55.4 Å². The number of hydrogen-bond acceptors (Lipinski definition) is 6. The van der Waals surface area contributed by atoms with Crippen LogP contribution in [0.5, 0.6) is 0 Å². The molecule has 0 amide bonds. The summed E-state index contributed by atoms with van der Waals surface area (Å²) in [6, 6.07) is 42.3. The highest BCUT2D eigenvalue weighted by atomic mass is 28.4. The molecule has 6 nitrogen and oxygen atoms in total. The van der Waals surface area contributed by atoms with Crippen LogP contribution in [0.1, 0.15) is 70.9 Å². The van der Waals surface area contributed by atoms with Crippen LogP contribution in [-0.2, 0) is 41.3 Å². The molecule has 0 saturated carbocycles. The van der Waals surface area contributed by atoms with Crippen LogP contribution in [0.3, 0.4) is 0 Å². The Morgan fingerprint density at radius 2 is 1.23 bits per heavy atom. The molecule has 0 unspecified atom stereocenters. The fraction of sp³-hybridized carbons (Fsp3) is 0.467. The lowest BCUT2D eigenvalue weighted by molar-refractivity contribution is -0.343. The number of methoxy groups -OCH3 is 1. The molecule has 7 heteroatoms. The molecule has 0 radical (unpaired) electrons. The minimum atomic E-state index is -2.76. The summed E-state index contributed by atoms with van der Waals surface area (Å²) >= 11 is 0. The molecule has 0 aromatic heterocycles. The predicted molar refractivity (Wildman–Crippen MR) is 210 cm³/mol. The Labute approximate surface area is 312 Å². The molecule has 0 aliphatic carbocycles. The SMILES string of the molecule is CO[C@H]1CC[C@]2(CC[C@H](C)[C@@H](C[C@H](COCc3ccccc3)OCc3ccccc3)O2)O[C@@H]1CO[Si](c1ccccc1)(c1ccccc1)C(C)(C)C. The van der Waals surface area contributed by atoms with Crippen molar-refractivity contribution in [1.29, 1.82) is 0 Å². The fourth-order valence-electron chi connectivity index (χ4n) is 8.09. The van der Waals surface area contributed by atoms with Crippen molar-refractivity contribution in [2.24, 2.45) is 5.92 Å². The molecule has 2 fully saturated rings. The van der Waals surface area contributed by atoms with Crippen LogP contribution in [0, 0.1) is 5.92 Å². The highest BCUT2D eigenvalue weighted by Crippen LogP contribution is 2.44. The summed E-state index contributed by atoms with van der Waals surface area (Å²) in [4.78, 5) is 0. The van der Waals surface area contributed by atoms with Crippen LogP contribution < -0.4 is 10.4 Å². The molecule has 6 rings (SSSR count). The summed E-state index contributed by atoms with van der Waals surface area (Å²) < 4.78 is 40.5. The monoisotopic (exact) mass is 722 g/mol. The summed E-state index contributed by atoms with van der Waals surface area (Å²) in [6.45, 7) is 11.2. The van der Waals surface area contributed by atoms with Crippen LogP contribution in [0.25, 0.3) is 0 Å². The fourth-order valence-corrected chi connectivity index (χ4v) is 12.7. The third kappa shape index (κ3) is 9.31. The molecule has 2 saturated heterocycles. The smallest absolute Gasteiger partial charge is 0.261 e. The van der Waals surface area contributed by atoms with E-state index in [1.165, 1.54) is 10.4 Å². The Bertz CT molecular complexity index is 1580. The maximum absolute atomic E-state index is 7.38. The van der Waals surface area contributed by atoms with Gasteiger partial charge in [0.15, 0.2) is 5.79 Å². The molecule has 1 spiro atoms. The molecule has 6 atom stereocenters. The van der Waals surface area contributed by atoms with Gasteiger partial charge in [0.1, 0.15) is 6.10 Å². The van der Waals surface area contributed by atoms with Crippen LogP contribution in [0.4, 0.5) is 0 Å². The van der Waals surface area contributed by atoms with Gasteiger partial charge in [-0.3, -0.25) is 0 Å². The van der Waals surface area contributed by atoms with E-state index in [4.69, 9.17) is 28.1 Å². The Kier molecular flexibility index (Phi) is 13.2. The minimum absolute atomic E-state index is 0.0350. The molecule has 2 aliphatic heterocycles. The first-order valence-corrected chi connectivity index (χ1v) is 21.0. The number of benzene rings is 4. The van der Waals surface area contributed by atoms with Crippen LogP contribution in [0.2, 0.25) is 5.04 Å². The number of rotatable bonds is 15. The van der Waals surface area contributed by atoms with Crippen LogP contribution in [-0.4, -0.2) is 58.8 Å². The number of ether oxygens (including phenoxy) is 5. The highest BCUT2D eigenvalue weighted by Gasteiger charge is 2.53. The van der Waals surface area contributed by atoms with Gasteiger partial charge in [0.2, 0.25) is 0 Å². The average Bonchev–Trinajstić information content (AvgIpc) is 3.17. The van der Waals surface area contributed by atoms with E-state index in [0.29, 0.717) is 32.3 Å². The Hall–Kier alpha value is -3.14. The summed E-state index contributed by atoms with van der Waals surface area (Å²) in [5.74, 6) is -0.335. The van der Waals surface area contributed by atoms with Gasteiger partial charge >= 0.3 is 0 Å².